The quantitative estimate of drug-likeness (QED) is 0.436. The Morgan fingerprint density at radius 3 is 2.62 bits per heavy atom. The second kappa shape index (κ2) is 4.48. The van der Waals surface area contributed by atoms with Crippen molar-refractivity contribution in [3.8, 4) is 0 Å². The Labute approximate surface area is 81.3 Å². The largest absolute Gasteiger partial charge is 0.480 e. The smallest absolute Gasteiger partial charge is 0.327 e. The molecule has 0 aromatic rings. The van der Waals surface area contributed by atoms with Crippen molar-refractivity contribution < 1.29 is 14.7 Å². The molecule has 1 fully saturated rings. The highest BCUT2D eigenvalue weighted by atomic mass is 32.1. The van der Waals surface area contributed by atoms with E-state index in [9.17, 15) is 9.59 Å². The zero-order valence-electron chi connectivity index (χ0n) is 6.99. The van der Waals surface area contributed by atoms with E-state index in [0.29, 0.717) is 0 Å². The zero-order chi connectivity index (χ0) is 9.84. The van der Waals surface area contributed by atoms with Crippen molar-refractivity contribution in [2.45, 2.75) is 18.5 Å². The molecule has 0 spiro atoms. The number of carbonyl (C=O) groups is 2. The molecule has 1 amide bonds. The van der Waals surface area contributed by atoms with Gasteiger partial charge in [-0.1, -0.05) is 0 Å². The number of hydrogen-bond donors (Lipinski definition) is 4. The lowest BCUT2D eigenvalue weighted by molar-refractivity contribution is -0.141. The van der Waals surface area contributed by atoms with Crippen LogP contribution in [0.1, 0.15) is 6.42 Å². The molecular formula is C7H12N2O3S. The minimum absolute atomic E-state index is 0.105. The summed E-state index contributed by atoms with van der Waals surface area (Å²) in [7, 11) is 0. The maximum absolute atomic E-state index is 11.2. The lowest BCUT2D eigenvalue weighted by Gasteiger charge is -2.27. The highest BCUT2D eigenvalue weighted by Crippen LogP contribution is 2.02. The molecule has 0 aliphatic carbocycles. The Kier molecular flexibility index (Phi) is 3.56. The SMILES string of the molecule is O=C(N[C@@H](CS)C(=O)O)C1CCN1. The fraction of sp³-hybridized carbons (Fsp3) is 0.714. The van der Waals surface area contributed by atoms with Crippen LogP contribution in [-0.2, 0) is 9.59 Å². The second-order valence-corrected chi connectivity index (χ2v) is 3.24. The van der Waals surface area contributed by atoms with Gasteiger partial charge in [0.15, 0.2) is 0 Å². The lowest BCUT2D eigenvalue weighted by atomic mass is 10.1. The van der Waals surface area contributed by atoms with E-state index in [2.05, 4.69) is 23.3 Å². The Morgan fingerprint density at radius 1 is 1.69 bits per heavy atom. The molecule has 2 atom stereocenters. The van der Waals surface area contributed by atoms with Crippen LogP contribution < -0.4 is 10.6 Å². The first-order chi connectivity index (χ1) is 6.15. The number of carboxylic acid groups (broad SMARTS) is 1. The van der Waals surface area contributed by atoms with E-state index in [1.54, 1.807) is 0 Å². The molecule has 0 radical (unpaired) electrons. The molecule has 6 heteroatoms. The summed E-state index contributed by atoms with van der Waals surface area (Å²) >= 11 is 3.83. The molecule has 1 aliphatic rings. The first-order valence-corrected chi connectivity index (χ1v) is 4.66. The van der Waals surface area contributed by atoms with Gasteiger partial charge in [0.05, 0.1) is 6.04 Å². The predicted octanol–water partition coefficient (Wildman–Crippen LogP) is -1.15. The third-order valence-electron chi connectivity index (χ3n) is 1.94. The average molecular weight is 204 g/mol. The normalized spacial score (nSPS) is 23.0. The summed E-state index contributed by atoms with van der Waals surface area (Å²) in [5, 5.41) is 13.9. The maximum atomic E-state index is 11.2. The number of aliphatic carboxylic acids is 1. The van der Waals surface area contributed by atoms with Crippen LogP contribution in [-0.4, -0.2) is 41.4 Å². The summed E-state index contributed by atoms with van der Waals surface area (Å²) in [5.74, 6) is -1.20. The summed E-state index contributed by atoms with van der Waals surface area (Å²) in [6.45, 7) is 0.816. The molecular weight excluding hydrogens is 192 g/mol. The van der Waals surface area contributed by atoms with E-state index < -0.39 is 12.0 Å². The molecule has 1 unspecified atom stereocenters. The number of thiol groups is 1. The van der Waals surface area contributed by atoms with Crippen molar-refractivity contribution in [1.29, 1.82) is 0 Å². The van der Waals surface area contributed by atoms with Crippen LogP contribution in [0.5, 0.6) is 0 Å². The van der Waals surface area contributed by atoms with Gasteiger partial charge in [-0.25, -0.2) is 4.79 Å². The Hall–Kier alpha value is -0.750. The van der Waals surface area contributed by atoms with Crippen LogP contribution in [0.25, 0.3) is 0 Å². The summed E-state index contributed by atoms with van der Waals surface area (Å²) in [5.41, 5.74) is 0. The molecule has 1 heterocycles. The molecule has 0 saturated carbocycles. The molecule has 0 aromatic heterocycles. The minimum Gasteiger partial charge on any atom is -0.480 e. The summed E-state index contributed by atoms with van der Waals surface area (Å²) in [6, 6.07) is -1.11. The number of nitrogens with one attached hydrogen (secondary N) is 2. The molecule has 74 valence electrons. The monoisotopic (exact) mass is 204 g/mol. The van der Waals surface area contributed by atoms with Crippen molar-refractivity contribution in [3.05, 3.63) is 0 Å². The Balaban J connectivity index is 2.36. The lowest BCUT2D eigenvalue weighted by Crippen LogP contribution is -2.56. The molecule has 1 saturated heterocycles. The first-order valence-electron chi connectivity index (χ1n) is 4.02. The van der Waals surface area contributed by atoms with Crippen molar-refractivity contribution in [3.63, 3.8) is 0 Å². The fourth-order valence-corrected chi connectivity index (χ4v) is 1.22. The van der Waals surface area contributed by atoms with E-state index in [-0.39, 0.29) is 17.7 Å². The molecule has 5 nitrogen and oxygen atoms in total. The van der Waals surface area contributed by atoms with Crippen molar-refractivity contribution in [2.75, 3.05) is 12.3 Å². The number of hydrogen-bond acceptors (Lipinski definition) is 4. The van der Waals surface area contributed by atoms with E-state index in [4.69, 9.17) is 5.11 Å². The number of carboxylic acids is 1. The second-order valence-electron chi connectivity index (χ2n) is 2.88. The Morgan fingerprint density at radius 2 is 2.31 bits per heavy atom. The van der Waals surface area contributed by atoms with Crippen LogP contribution in [0.15, 0.2) is 0 Å². The van der Waals surface area contributed by atoms with Gasteiger partial charge in [-0.15, -0.1) is 0 Å². The van der Waals surface area contributed by atoms with Gasteiger partial charge in [-0.3, -0.25) is 4.79 Å². The highest BCUT2D eigenvalue weighted by molar-refractivity contribution is 7.80. The van der Waals surface area contributed by atoms with Crippen LogP contribution in [0, 0.1) is 0 Å². The van der Waals surface area contributed by atoms with E-state index in [0.717, 1.165) is 13.0 Å². The molecule has 0 bridgehead atoms. The molecule has 3 N–H and O–H groups in total. The summed E-state index contributed by atoms with van der Waals surface area (Å²) < 4.78 is 0. The molecule has 13 heavy (non-hydrogen) atoms. The first kappa shape index (κ1) is 10.3. The van der Waals surface area contributed by atoms with Gasteiger partial charge in [0, 0.05) is 5.75 Å². The molecule has 1 aliphatic heterocycles. The summed E-state index contributed by atoms with van der Waals surface area (Å²) in [6.07, 6.45) is 0.769. The van der Waals surface area contributed by atoms with Gasteiger partial charge in [-0.05, 0) is 13.0 Å². The van der Waals surface area contributed by atoms with Gasteiger partial charge >= 0.3 is 5.97 Å². The van der Waals surface area contributed by atoms with E-state index in [1.165, 1.54) is 0 Å². The zero-order valence-corrected chi connectivity index (χ0v) is 7.88. The predicted molar refractivity (Wildman–Crippen MR) is 49.8 cm³/mol. The van der Waals surface area contributed by atoms with Crippen molar-refractivity contribution in [2.24, 2.45) is 0 Å². The Bertz CT molecular complexity index is 218. The van der Waals surface area contributed by atoms with Crippen LogP contribution in [0.4, 0.5) is 0 Å². The van der Waals surface area contributed by atoms with Crippen molar-refractivity contribution >= 4 is 24.5 Å². The van der Waals surface area contributed by atoms with E-state index >= 15 is 0 Å². The highest BCUT2D eigenvalue weighted by Gasteiger charge is 2.27. The third-order valence-corrected chi connectivity index (χ3v) is 2.30. The van der Waals surface area contributed by atoms with Crippen LogP contribution in [0.2, 0.25) is 0 Å². The molecule has 0 aromatic carbocycles. The average Bonchev–Trinajstić information content (AvgIpc) is 1.96. The fourth-order valence-electron chi connectivity index (χ4n) is 0.970. The number of carbonyl (C=O) groups excluding carboxylic acids is 1. The summed E-state index contributed by atoms with van der Waals surface area (Å²) in [4.78, 5) is 21.7. The van der Waals surface area contributed by atoms with Crippen molar-refractivity contribution in [1.82, 2.24) is 10.6 Å². The van der Waals surface area contributed by atoms with E-state index in [1.807, 2.05) is 0 Å². The molecule has 1 rings (SSSR count). The maximum Gasteiger partial charge on any atom is 0.327 e. The van der Waals surface area contributed by atoms with Gasteiger partial charge in [-0.2, -0.15) is 12.6 Å². The van der Waals surface area contributed by atoms with Gasteiger partial charge in [0.1, 0.15) is 6.04 Å². The van der Waals surface area contributed by atoms with Gasteiger partial charge in [0.2, 0.25) is 5.91 Å². The van der Waals surface area contributed by atoms with Crippen LogP contribution in [0.3, 0.4) is 0 Å². The third kappa shape index (κ3) is 2.60. The number of rotatable bonds is 4. The standard InChI is InChI=1S/C7H12N2O3S/c10-6(4-1-2-8-4)9-5(3-13)7(11)12/h4-5,8,13H,1-3H2,(H,9,10)(H,11,12)/t4?,5-/m0/s1. The van der Waals surface area contributed by atoms with Crippen LogP contribution >= 0.6 is 12.6 Å². The topological polar surface area (TPSA) is 78.4 Å². The number of amides is 1. The van der Waals surface area contributed by atoms with Gasteiger partial charge in [0.25, 0.3) is 0 Å². The minimum atomic E-state index is -1.05. The van der Waals surface area contributed by atoms with Gasteiger partial charge < -0.3 is 15.7 Å².